The third-order valence-corrected chi connectivity index (χ3v) is 6.76. The van der Waals surface area contributed by atoms with E-state index in [1.165, 1.54) is 4.90 Å². The van der Waals surface area contributed by atoms with Gasteiger partial charge in [0.2, 0.25) is 5.91 Å². The van der Waals surface area contributed by atoms with Crippen LogP contribution in [0.25, 0.3) is 10.9 Å². The summed E-state index contributed by atoms with van der Waals surface area (Å²) in [5.41, 5.74) is 11.3. The standard InChI is InChI=1S/C26H25N5OS/c1-17(30-23-15-28-22-9-5-4-8-21(22)23)29-19-10-11-24-25(14-19)33-13-12-31(24)16-18-6-2-3-7-20(18)26(27)32/h2-11,14-15,28-30H,1,12-13,16H2,(H2,27,32). The van der Waals surface area contributed by atoms with E-state index in [-0.39, 0.29) is 0 Å². The summed E-state index contributed by atoms with van der Waals surface area (Å²) in [6, 6.07) is 22.0. The van der Waals surface area contributed by atoms with Crippen LogP contribution in [0.3, 0.4) is 0 Å². The van der Waals surface area contributed by atoms with E-state index in [0.717, 1.165) is 45.8 Å². The van der Waals surface area contributed by atoms with E-state index in [1.54, 1.807) is 6.07 Å². The molecule has 3 aromatic carbocycles. The molecule has 1 aliphatic heterocycles. The zero-order valence-corrected chi connectivity index (χ0v) is 18.9. The minimum absolute atomic E-state index is 0.391. The van der Waals surface area contributed by atoms with Crippen LogP contribution >= 0.6 is 11.8 Å². The molecule has 0 fully saturated rings. The predicted molar refractivity (Wildman–Crippen MR) is 138 cm³/mol. The second kappa shape index (κ2) is 8.96. The van der Waals surface area contributed by atoms with Crippen LogP contribution in [0.5, 0.6) is 0 Å². The topological polar surface area (TPSA) is 86.2 Å². The number of nitrogens with zero attached hydrogens (tertiary/aromatic N) is 1. The number of nitrogens with two attached hydrogens (primary N) is 1. The average molecular weight is 456 g/mol. The Labute approximate surface area is 196 Å². The zero-order chi connectivity index (χ0) is 22.8. The van der Waals surface area contributed by atoms with Crippen molar-refractivity contribution in [2.45, 2.75) is 11.4 Å². The van der Waals surface area contributed by atoms with Crippen LogP contribution in [0.4, 0.5) is 17.1 Å². The number of anilines is 3. The number of primary amides is 1. The minimum atomic E-state index is -0.391. The number of rotatable bonds is 7. The fourth-order valence-electron chi connectivity index (χ4n) is 4.17. The normalized spacial score (nSPS) is 12.9. The number of nitrogens with one attached hydrogen (secondary N) is 3. The number of carbonyl (C=O) groups is 1. The van der Waals surface area contributed by atoms with Crippen LogP contribution in [-0.4, -0.2) is 23.2 Å². The van der Waals surface area contributed by atoms with Crippen LogP contribution in [0.1, 0.15) is 15.9 Å². The predicted octanol–water partition coefficient (Wildman–Crippen LogP) is 5.37. The lowest BCUT2D eigenvalue weighted by atomic mass is 10.1. The Bertz CT molecular complexity index is 1350. The zero-order valence-electron chi connectivity index (χ0n) is 18.1. The number of benzene rings is 3. The van der Waals surface area contributed by atoms with Gasteiger partial charge in [0.1, 0.15) is 5.82 Å². The second-order valence-corrected chi connectivity index (χ2v) is 9.09. The lowest BCUT2D eigenvalue weighted by Crippen LogP contribution is -2.29. The maximum absolute atomic E-state index is 11.8. The number of amides is 1. The van der Waals surface area contributed by atoms with Crippen molar-refractivity contribution in [2.24, 2.45) is 5.73 Å². The summed E-state index contributed by atoms with van der Waals surface area (Å²) in [5.74, 6) is 1.29. The molecule has 7 heteroatoms. The molecule has 2 heterocycles. The highest BCUT2D eigenvalue weighted by Gasteiger charge is 2.20. The number of hydrogen-bond acceptors (Lipinski definition) is 5. The van der Waals surface area contributed by atoms with Crippen molar-refractivity contribution in [3.63, 3.8) is 0 Å². The van der Waals surface area contributed by atoms with Crippen molar-refractivity contribution in [2.75, 3.05) is 27.8 Å². The molecule has 6 nitrogen and oxygen atoms in total. The number of thioether (sulfide) groups is 1. The van der Waals surface area contributed by atoms with Gasteiger partial charge in [0.05, 0.1) is 11.4 Å². The molecule has 0 aliphatic carbocycles. The number of hydrogen-bond donors (Lipinski definition) is 4. The van der Waals surface area contributed by atoms with Crippen LogP contribution in [0.15, 0.2) is 90.2 Å². The molecule has 0 saturated heterocycles. The molecular weight excluding hydrogens is 430 g/mol. The Kier molecular flexibility index (Phi) is 5.71. The molecule has 33 heavy (non-hydrogen) atoms. The number of H-pyrrole nitrogens is 1. The first-order valence-electron chi connectivity index (χ1n) is 10.8. The highest BCUT2D eigenvalue weighted by atomic mass is 32.2. The summed E-state index contributed by atoms with van der Waals surface area (Å²) >= 11 is 1.83. The second-order valence-electron chi connectivity index (χ2n) is 7.95. The molecule has 0 saturated carbocycles. The maximum Gasteiger partial charge on any atom is 0.249 e. The quantitative estimate of drug-likeness (QED) is 0.301. The van der Waals surface area contributed by atoms with Crippen LogP contribution < -0.4 is 21.3 Å². The summed E-state index contributed by atoms with van der Waals surface area (Å²) in [7, 11) is 0. The molecule has 1 aromatic heterocycles. The SMILES string of the molecule is C=C(Nc1ccc2c(c1)SCCN2Cc1ccccc1C(N)=O)Nc1c[nH]c2ccccc12. The van der Waals surface area contributed by atoms with E-state index in [0.29, 0.717) is 17.9 Å². The number of aromatic amines is 1. The highest BCUT2D eigenvalue weighted by Crippen LogP contribution is 2.38. The smallest absolute Gasteiger partial charge is 0.249 e. The van der Waals surface area contributed by atoms with Gasteiger partial charge in [-0.15, -0.1) is 11.8 Å². The van der Waals surface area contributed by atoms with E-state index in [4.69, 9.17) is 5.73 Å². The molecular formula is C26H25N5OS. The lowest BCUT2D eigenvalue weighted by molar-refractivity contribution is 0.0999. The van der Waals surface area contributed by atoms with Crippen molar-refractivity contribution < 1.29 is 4.79 Å². The Morgan fingerprint density at radius 1 is 1.09 bits per heavy atom. The fraction of sp³-hybridized carbons (Fsp3) is 0.115. The van der Waals surface area contributed by atoms with Crippen molar-refractivity contribution >= 4 is 45.6 Å². The monoisotopic (exact) mass is 455 g/mol. The molecule has 0 spiro atoms. The van der Waals surface area contributed by atoms with Crippen molar-refractivity contribution in [3.05, 3.63) is 96.5 Å². The Balaban J connectivity index is 1.31. The Morgan fingerprint density at radius 2 is 1.91 bits per heavy atom. The molecule has 5 N–H and O–H groups in total. The van der Waals surface area contributed by atoms with E-state index in [9.17, 15) is 4.79 Å². The van der Waals surface area contributed by atoms with Crippen molar-refractivity contribution in [1.29, 1.82) is 0 Å². The Hall–Kier alpha value is -3.84. The Morgan fingerprint density at radius 3 is 2.79 bits per heavy atom. The van der Waals surface area contributed by atoms with Gasteiger partial charge in [0.25, 0.3) is 0 Å². The third kappa shape index (κ3) is 4.40. The maximum atomic E-state index is 11.8. The van der Waals surface area contributed by atoms with Gasteiger partial charge >= 0.3 is 0 Å². The van der Waals surface area contributed by atoms with E-state index in [1.807, 2.05) is 54.4 Å². The lowest BCUT2D eigenvalue weighted by Gasteiger charge is -2.31. The molecule has 1 aliphatic rings. The molecule has 0 radical (unpaired) electrons. The van der Waals surface area contributed by atoms with E-state index in [2.05, 4.69) is 51.4 Å². The average Bonchev–Trinajstić information content (AvgIpc) is 3.22. The van der Waals surface area contributed by atoms with Gasteiger partial charge in [0.15, 0.2) is 0 Å². The largest absolute Gasteiger partial charge is 0.366 e. The van der Waals surface area contributed by atoms with Gasteiger partial charge in [0, 0.05) is 52.1 Å². The van der Waals surface area contributed by atoms with Crippen LogP contribution in [-0.2, 0) is 6.54 Å². The van der Waals surface area contributed by atoms with Gasteiger partial charge < -0.3 is 26.3 Å². The molecule has 166 valence electrons. The van der Waals surface area contributed by atoms with Gasteiger partial charge in [-0.25, -0.2) is 0 Å². The first-order chi connectivity index (χ1) is 16.1. The van der Waals surface area contributed by atoms with Crippen LogP contribution in [0.2, 0.25) is 0 Å². The summed E-state index contributed by atoms with van der Waals surface area (Å²) in [6.07, 6.45) is 1.95. The fourth-order valence-corrected chi connectivity index (χ4v) is 5.25. The molecule has 1 amide bonds. The van der Waals surface area contributed by atoms with Gasteiger partial charge in [-0.05, 0) is 35.9 Å². The first-order valence-corrected chi connectivity index (χ1v) is 11.8. The highest BCUT2D eigenvalue weighted by molar-refractivity contribution is 7.99. The number of para-hydroxylation sites is 1. The number of carbonyl (C=O) groups excluding carboxylic acids is 1. The minimum Gasteiger partial charge on any atom is -0.366 e. The molecule has 0 bridgehead atoms. The summed E-state index contributed by atoms with van der Waals surface area (Å²) < 4.78 is 0. The summed E-state index contributed by atoms with van der Waals surface area (Å²) in [6.45, 7) is 5.70. The van der Waals surface area contributed by atoms with Gasteiger partial charge in [-0.3, -0.25) is 4.79 Å². The number of aromatic nitrogens is 1. The summed E-state index contributed by atoms with van der Waals surface area (Å²) in [5, 5.41) is 7.84. The van der Waals surface area contributed by atoms with E-state index >= 15 is 0 Å². The van der Waals surface area contributed by atoms with Crippen molar-refractivity contribution in [1.82, 2.24) is 4.98 Å². The molecule has 5 rings (SSSR count). The van der Waals surface area contributed by atoms with Gasteiger partial charge in [-0.2, -0.15) is 0 Å². The third-order valence-electron chi connectivity index (χ3n) is 5.73. The first kappa shape index (κ1) is 21.0. The van der Waals surface area contributed by atoms with Gasteiger partial charge in [-0.1, -0.05) is 43.0 Å². The molecule has 0 atom stereocenters. The van der Waals surface area contributed by atoms with Crippen LogP contribution in [0, 0.1) is 0 Å². The summed E-state index contributed by atoms with van der Waals surface area (Å²) in [4.78, 5) is 18.6. The van der Waals surface area contributed by atoms with Crippen molar-refractivity contribution in [3.8, 4) is 0 Å². The van der Waals surface area contributed by atoms with E-state index < -0.39 is 5.91 Å². The molecule has 4 aromatic rings. The molecule has 0 unspecified atom stereocenters. The number of fused-ring (bicyclic) bond motifs is 2.